The molecule has 0 aliphatic carbocycles. The Morgan fingerprint density at radius 2 is 1.81 bits per heavy atom. The second kappa shape index (κ2) is 3.93. The lowest BCUT2D eigenvalue weighted by molar-refractivity contribution is 0.456. The molecule has 16 heavy (non-hydrogen) atoms. The number of rotatable bonds is 2. The summed E-state index contributed by atoms with van der Waals surface area (Å²) in [5, 5.41) is 21.2. The number of nitrogen functional groups attached to an aromatic ring is 1. The van der Waals surface area contributed by atoms with Crippen molar-refractivity contribution in [2.75, 3.05) is 11.1 Å². The van der Waals surface area contributed by atoms with Crippen molar-refractivity contribution < 1.29 is 10.2 Å². The third kappa shape index (κ3) is 2.11. The zero-order valence-corrected chi connectivity index (χ0v) is 8.25. The van der Waals surface area contributed by atoms with Crippen molar-refractivity contribution in [3.63, 3.8) is 0 Å². The molecule has 0 bridgehead atoms. The van der Waals surface area contributed by atoms with Crippen LogP contribution in [0.4, 0.5) is 17.3 Å². The molecule has 0 radical (unpaired) electrons. The predicted molar refractivity (Wildman–Crippen MR) is 59.5 cm³/mol. The lowest BCUT2D eigenvalue weighted by Crippen LogP contribution is -1.98. The molecule has 1 aromatic heterocycles. The van der Waals surface area contributed by atoms with E-state index >= 15 is 0 Å². The maximum atomic E-state index is 9.27. The Bertz CT molecular complexity index is 499. The molecule has 1 heterocycles. The molecule has 0 unspecified atom stereocenters. The fraction of sp³-hybridized carbons (Fsp3) is 0. The summed E-state index contributed by atoms with van der Waals surface area (Å²) in [7, 11) is 0. The Morgan fingerprint density at radius 1 is 1.12 bits per heavy atom. The van der Waals surface area contributed by atoms with E-state index in [0.717, 1.165) is 0 Å². The van der Waals surface area contributed by atoms with Crippen molar-refractivity contribution in [1.82, 2.24) is 9.97 Å². The molecule has 0 fully saturated rings. The zero-order chi connectivity index (χ0) is 11.5. The lowest BCUT2D eigenvalue weighted by atomic mass is 10.3. The van der Waals surface area contributed by atoms with Crippen molar-refractivity contribution in [2.45, 2.75) is 0 Å². The van der Waals surface area contributed by atoms with Crippen LogP contribution in [0.2, 0.25) is 0 Å². The molecule has 2 rings (SSSR count). The topological polar surface area (TPSA) is 104 Å². The van der Waals surface area contributed by atoms with E-state index in [-0.39, 0.29) is 23.3 Å². The highest BCUT2D eigenvalue weighted by Crippen LogP contribution is 2.20. The van der Waals surface area contributed by atoms with Gasteiger partial charge in [0, 0.05) is 5.69 Å². The summed E-state index contributed by atoms with van der Waals surface area (Å²) in [6.45, 7) is 0. The number of hydrogen-bond donors (Lipinski definition) is 4. The molecule has 0 atom stereocenters. The minimum absolute atomic E-state index is 0.122. The van der Waals surface area contributed by atoms with Gasteiger partial charge in [0.1, 0.15) is 11.4 Å². The maximum absolute atomic E-state index is 9.27. The Balaban J connectivity index is 2.20. The molecule has 6 heteroatoms. The summed E-state index contributed by atoms with van der Waals surface area (Å²) in [4.78, 5) is 7.62. The Kier molecular flexibility index (Phi) is 2.47. The minimum atomic E-state index is -0.267. The third-order valence-corrected chi connectivity index (χ3v) is 1.92. The number of aromatic hydroxyl groups is 2. The molecule has 0 saturated carbocycles. The van der Waals surface area contributed by atoms with Crippen molar-refractivity contribution in [1.29, 1.82) is 0 Å². The largest absolute Gasteiger partial charge is 0.508 e. The highest BCUT2D eigenvalue weighted by molar-refractivity contribution is 5.56. The molecule has 0 aliphatic heterocycles. The van der Waals surface area contributed by atoms with Crippen LogP contribution < -0.4 is 11.1 Å². The fourth-order valence-corrected chi connectivity index (χ4v) is 1.12. The first kappa shape index (κ1) is 10.0. The van der Waals surface area contributed by atoms with Gasteiger partial charge >= 0.3 is 0 Å². The van der Waals surface area contributed by atoms with E-state index in [4.69, 9.17) is 10.8 Å². The number of anilines is 3. The molecule has 0 amide bonds. The van der Waals surface area contributed by atoms with Crippen LogP contribution in [0, 0.1) is 0 Å². The second-order valence-corrected chi connectivity index (χ2v) is 3.14. The number of phenolic OH excluding ortho intramolecular Hbond substituents is 1. The Labute approximate surface area is 91.4 Å². The van der Waals surface area contributed by atoms with E-state index in [0.29, 0.717) is 5.69 Å². The maximum Gasteiger partial charge on any atom is 0.239 e. The first-order chi connectivity index (χ1) is 7.65. The number of benzene rings is 1. The van der Waals surface area contributed by atoms with Crippen LogP contribution in [-0.4, -0.2) is 20.2 Å². The predicted octanol–water partition coefficient (Wildman–Crippen LogP) is 1.21. The highest BCUT2D eigenvalue weighted by Gasteiger charge is 2.02. The number of phenols is 1. The van der Waals surface area contributed by atoms with Crippen LogP contribution in [0.25, 0.3) is 0 Å². The Morgan fingerprint density at radius 3 is 2.44 bits per heavy atom. The van der Waals surface area contributed by atoms with Gasteiger partial charge in [0.15, 0.2) is 0 Å². The molecule has 0 saturated heterocycles. The normalized spacial score (nSPS) is 10.0. The van der Waals surface area contributed by atoms with Crippen LogP contribution >= 0.6 is 0 Å². The monoisotopic (exact) mass is 218 g/mol. The summed E-state index contributed by atoms with van der Waals surface area (Å²) >= 11 is 0. The fourth-order valence-electron chi connectivity index (χ4n) is 1.12. The number of hydrogen-bond acceptors (Lipinski definition) is 6. The van der Waals surface area contributed by atoms with Gasteiger partial charge in [-0.15, -0.1) is 0 Å². The Hall–Kier alpha value is -2.50. The molecule has 0 spiro atoms. The van der Waals surface area contributed by atoms with Crippen molar-refractivity contribution in [3.05, 3.63) is 30.5 Å². The molecule has 82 valence electrons. The van der Waals surface area contributed by atoms with Gasteiger partial charge < -0.3 is 21.3 Å². The minimum Gasteiger partial charge on any atom is -0.508 e. The van der Waals surface area contributed by atoms with Gasteiger partial charge in [-0.05, 0) is 24.3 Å². The molecular weight excluding hydrogens is 208 g/mol. The van der Waals surface area contributed by atoms with Crippen LogP contribution in [0.15, 0.2) is 30.5 Å². The van der Waals surface area contributed by atoms with E-state index in [1.807, 2.05) is 0 Å². The summed E-state index contributed by atoms with van der Waals surface area (Å²) in [5.41, 5.74) is 6.18. The van der Waals surface area contributed by atoms with Gasteiger partial charge in [-0.2, -0.15) is 4.98 Å². The second-order valence-electron chi connectivity index (χ2n) is 3.14. The average Bonchev–Trinajstić information content (AvgIpc) is 2.27. The number of nitrogens with two attached hydrogens (primary N) is 1. The van der Waals surface area contributed by atoms with Gasteiger partial charge in [-0.1, -0.05) is 0 Å². The SMILES string of the molecule is Nc1cnc(Nc2ccc(O)cc2)nc1O. The van der Waals surface area contributed by atoms with Gasteiger partial charge in [0.25, 0.3) is 0 Å². The van der Waals surface area contributed by atoms with E-state index in [9.17, 15) is 5.11 Å². The molecule has 6 nitrogen and oxygen atoms in total. The standard InChI is InChI=1S/C10H10N4O2/c11-8-5-12-10(14-9(8)16)13-6-1-3-7(15)4-2-6/h1-5,15H,11H2,(H2,12,13,14,16). The van der Waals surface area contributed by atoms with E-state index in [1.54, 1.807) is 12.1 Å². The van der Waals surface area contributed by atoms with Gasteiger partial charge in [-0.25, -0.2) is 4.98 Å². The quantitative estimate of drug-likeness (QED) is 0.565. The van der Waals surface area contributed by atoms with Gasteiger partial charge in [0.05, 0.1) is 6.20 Å². The number of nitrogens with one attached hydrogen (secondary N) is 1. The average molecular weight is 218 g/mol. The summed E-state index contributed by atoms with van der Waals surface area (Å²) < 4.78 is 0. The van der Waals surface area contributed by atoms with Crippen molar-refractivity contribution in [2.24, 2.45) is 0 Å². The molecule has 0 aliphatic rings. The van der Waals surface area contributed by atoms with Crippen LogP contribution in [0.3, 0.4) is 0 Å². The first-order valence-corrected chi connectivity index (χ1v) is 4.52. The smallest absolute Gasteiger partial charge is 0.239 e. The number of aromatic nitrogens is 2. The zero-order valence-electron chi connectivity index (χ0n) is 8.25. The van der Waals surface area contributed by atoms with Crippen LogP contribution in [0.5, 0.6) is 11.6 Å². The van der Waals surface area contributed by atoms with Crippen molar-refractivity contribution in [3.8, 4) is 11.6 Å². The molecular formula is C10H10N4O2. The molecule has 2 aromatic rings. The third-order valence-electron chi connectivity index (χ3n) is 1.92. The number of nitrogens with zero attached hydrogens (tertiary/aromatic N) is 2. The van der Waals surface area contributed by atoms with Gasteiger partial charge in [0.2, 0.25) is 11.8 Å². The van der Waals surface area contributed by atoms with E-state index in [1.165, 1.54) is 18.3 Å². The first-order valence-electron chi connectivity index (χ1n) is 4.52. The summed E-state index contributed by atoms with van der Waals surface area (Å²) in [6.07, 6.45) is 1.31. The van der Waals surface area contributed by atoms with Crippen LogP contribution in [0.1, 0.15) is 0 Å². The van der Waals surface area contributed by atoms with E-state index < -0.39 is 0 Å². The molecule has 1 aromatic carbocycles. The lowest BCUT2D eigenvalue weighted by Gasteiger charge is -2.05. The van der Waals surface area contributed by atoms with E-state index in [2.05, 4.69) is 15.3 Å². The van der Waals surface area contributed by atoms with Crippen LogP contribution in [-0.2, 0) is 0 Å². The van der Waals surface area contributed by atoms with Gasteiger partial charge in [-0.3, -0.25) is 0 Å². The highest BCUT2D eigenvalue weighted by atomic mass is 16.3. The summed E-state index contributed by atoms with van der Waals surface area (Å²) in [6, 6.07) is 6.37. The van der Waals surface area contributed by atoms with Crippen molar-refractivity contribution >= 4 is 17.3 Å². The molecule has 5 N–H and O–H groups in total. The summed E-state index contributed by atoms with van der Waals surface area (Å²) in [5.74, 6) is 0.139.